The van der Waals surface area contributed by atoms with Gasteiger partial charge >= 0.3 is 0 Å². The summed E-state index contributed by atoms with van der Waals surface area (Å²) in [6.07, 6.45) is 61.0. The first-order valence-electron chi connectivity index (χ1n) is 40.0. The first kappa shape index (κ1) is 77.2. The molecule has 0 saturated carbocycles. The lowest BCUT2D eigenvalue weighted by Crippen LogP contribution is -2.30. The second-order valence-electron chi connectivity index (χ2n) is 30.3. The van der Waals surface area contributed by atoms with Gasteiger partial charge in [-0.15, -0.1) is 34.0 Å². The fraction of sp³-hybridized carbons (Fsp3) is 0.618. The number of fused-ring (bicyclic) bond motifs is 5. The zero-order chi connectivity index (χ0) is 68.1. The molecule has 2 aliphatic rings. The Morgan fingerprint density at radius 1 is 0.396 bits per heavy atom. The van der Waals surface area contributed by atoms with Gasteiger partial charge in [-0.05, 0) is 80.0 Å². The van der Waals surface area contributed by atoms with E-state index in [4.69, 9.17) is 0 Å². The van der Waals surface area contributed by atoms with Gasteiger partial charge in [0.1, 0.15) is 0 Å². The zero-order valence-corrected chi connectivity index (χ0v) is 64.8. The highest BCUT2D eigenvalue weighted by Crippen LogP contribution is 2.50. The van der Waals surface area contributed by atoms with Gasteiger partial charge in [-0.25, -0.2) is 0 Å². The Labute approximate surface area is 597 Å². The standard InChI is InChI=1S/C89H130N2O2S3/c1-11-18-22-26-30-34-38-44-52-68(53-45-39-35-31-27-23-19-12-2)60-64-90-82(72-66-73-83(95-72)84-74(94-73)67-75(96-84)89(10,17-7)63-16-6)78-76(70-56-48-42-49-57-70)81-79(77(80(78)86(90)92)71-58-50-43-51-59-71)85(88(8,9)62-15-5)91(87(81)93)65-61-69(54-46-40-36-32-28-24-20-13-3)55-47-41-37-33-29-25-21-14-4/h42-43,48-51,56-61,64-69H,11-41,44-47,52-55,62-63H2,1-10H3/b64-60+,65-61+/t89-/m1/s1. The molecule has 3 aromatic carbocycles. The zero-order valence-electron chi connectivity index (χ0n) is 62.3. The molecule has 2 aliphatic heterocycles. The van der Waals surface area contributed by atoms with Crippen molar-refractivity contribution in [2.24, 2.45) is 17.3 Å². The highest BCUT2D eigenvalue weighted by Gasteiger charge is 2.45. The van der Waals surface area contributed by atoms with Gasteiger partial charge in [-0.3, -0.25) is 19.4 Å². The van der Waals surface area contributed by atoms with Gasteiger partial charge in [-0.2, -0.15) is 0 Å². The molecule has 0 bridgehead atoms. The minimum atomic E-state index is -0.420. The van der Waals surface area contributed by atoms with E-state index in [0.29, 0.717) is 11.8 Å². The van der Waals surface area contributed by atoms with Crippen LogP contribution in [0.15, 0.2) is 97.3 Å². The third-order valence-electron chi connectivity index (χ3n) is 21.9. The van der Waals surface area contributed by atoms with Crippen LogP contribution >= 0.6 is 34.0 Å². The lowest BCUT2D eigenvalue weighted by Gasteiger charge is -2.32. The average Bonchev–Trinajstić information content (AvgIpc) is 1.52. The van der Waals surface area contributed by atoms with Crippen molar-refractivity contribution in [3.8, 4) is 22.3 Å². The van der Waals surface area contributed by atoms with E-state index in [1.165, 1.54) is 236 Å². The number of thiophene rings is 3. The number of unbranched alkanes of at least 4 members (excludes halogenated alkanes) is 28. The van der Waals surface area contributed by atoms with Gasteiger partial charge in [0, 0.05) is 64.8 Å². The Kier molecular flexibility index (Phi) is 32.7. The predicted octanol–water partition coefficient (Wildman–Crippen LogP) is 28.4. The van der Waals surface area contributed by atoms with Gasteiger partial charge in [0.05, 0.1) is 31.1 Å². The molecule has 0 N–H and O–H groups in total. The molecule has 526 valence electrons. The third kappa shape index (κ3) is 20.6. The summed E-state index contributed by atoms with van der Waals surface area (Å²) < 4.78 is 5.34. The average molecular weight is 1360 g/mol. The molecule has 0 radical (unpaired) electrons. The Morgan fingerprint density at radius 2 is 0.771 bits per heavy atom. The Morgan fingerprint density at radius 3 is 1.20 bits per heavy atom. The normalized spacial score (nSPS) is 14.3. The van der Waals surface area contributed by atoms with Crippen LogP contribution < -0.4 is 10.4 Å². The summed E-state index contributed by atoms with van der Waals surface area (Å²) in [4.78, 5) is 40.6. The smallest absolute Gasteiger partial charge is 0.263 e. The summed E-state index contributed by atoms with van der Waals surface area (Å²) in [5.74, 6) is 0.771. The van der Waals surface area contributed by atoms with Crippen LogP contribution in [0.25, 0.3) is 52.4 Å². The Balaban J connectivity index is 1.34. The summed E-state index contributed by atoms with van der Waals surface area (Å²) in [6, 6.07) is 26.5. The van der Waals surface area contributed by atoms with Crippen LogP contribution in [0.3, 0.4) is 0 Å². The summed E-state index contributed by atoms with van der Waals surface area (Å²) in [5, 5.41) is 1.85. The number of hydrogen-bond donors (Lipinski definition) is 0. The fourth-order valence-electron chi connectivity index (χ4n) is 16.1. The van der Waals surface area contributed by atoms with Gasteiger partial charge < -0.3 is 0 Å². The summed E-state index contributed by atoms with van der Waals surface area (Å²) in [7, 11) is 0. The van der Waals surface area contributed by atoms with Crippen molar-refractivity contribution in [3.63, 3.8) is 0 Å². The van der Waals surface area contributed by atoms with Crippen LogP contribution in [0.1, 0.15) is 363 Å². The first-order chi connectivity index (χ1) is 46.9. The maximum Gasteiger partial charge on any atom is 0.263 e. The van der Waals surface area contributed by atoms with E-state index in [9.17, 15) is 0 Å². The number of allylic oxidation sites excluding steroid dienone is 2. The van der Waals surface area contributed by atoms with Gasteiger partial charge in [0.2, 0.25) is 0 Å². The Bertz CT molecular complexity index is 3440. The molecule has 7 heteroatoms. The van der Waals surface area contributed by atoms with Gasteiger partial charge in [-0.1, -0.05) is 360 Å². The molecule has 3 aromatic heterocycles. The van der Waals surface area contributed by atoms with Crippen LogP contribution in [0.4, 0.5) is 0 Å². The third-order valence-corrected chi connectivity index (χ3v) is 26.0. The first-order valence-corrected chi connectivity index (χ1v) is 42.4. The Hall–Kier alpha value is -4.56. The van der Waals surface area contributed by atoms with Crippen molar-refractivity contribution in [1.29, 1.82) is 0 Å². The topological polar surface area (TPSA) is 40.6 Å². The monoisotopic (exact) mass is 1350 g/mol. The van der Waals surface area contributed by atoms with E-state index in [1.54, 1.807) is 0 Å². The quantitative estimate of drug-likeness (QED) is 0.0357. The maximum atomic E-state index is 17.0. The van der Waals surface area contributed by atoms with Gasteiger partial charge in [0.15, 0.2) is 0 Å². The molecule has 0 aliphatic carbocycles. The second kappa shape index (κ2) is 40.6. The van der Waals surface area contributed by atoms with Crippen LogP contribution in [0.2, 0.25) is 0 Å². The van der Waals surface area contributed by atoms with Crippen molar-refractivity contribution in [3.05, 3.63) is 129 Å². The van der Waals surface area contributed by atoms with Crippen molar-refractivity contribution < 1.29 is 9.59 Å². The molecule has 0 saturated heterocycles. The minimum absolute atomic E-state index is 0.0106. The molecule has 4 nitrogen and oxygen atoms in total. The van der Waals surface area contributed by atoms with Crippen molar-refractivity contribution in [2.45, 2.75) is 338 Å². The number of rotatable bonds is 50. The van der Waals surface area contributed by atoms with Crippen molar-refractivity contribution >= 4 is 76.0 Å². The summed E-state index contributed by atoms with van der Waals surface area (Å²) in [6.45, 7) is 23.4. The fourth-order valence-corrected chi connectivity index (χ4v) is 20.4. The molecule has 8 rings (SSSR count). The molecule has 2 amide bonds. The second-order valence-corrected chi connectivity index (χ2v) is 33.5. The van der Waals surface area contributed by atoms with Crippen LogP contribution in [0.5, 0.6) is 0 Å². The van der Waals surface area contributed by atoms with E-state index >= 15 is 9.59 Å². The molecule has 5 heterocycles. The highest BCUT2D eigenvalue weighted by molar-refractivity contribution is 7.38. The maximum absolute atomic E-state index is 17.0. The molecule has 0 fully saturated rings. The van der Waals surface area contributed by atoms with Gasteiger partial charge in [0.25, 0.3) is 11.8 Å². The number of hydrogen-bond acceptors (Lipinski definition) is 5. The minimum Gasteiger partial charge on any atom is -0.287 e. The van der Waals surface area contributed by atoms with Crippen molar-refractivity contribution in [2.75, 3.05) is 0 Å². The molecule has 0 spiro atoms. The molecule has 6 aromatic rings. The summed E-state index contributed by atoms with van der Waals surface area (Å²) in [5.41, 5.74) is 6.91. The number of carbonyl (C=O) groups is 2. The highest BCUT2D eigenvalue weighted by atomic mass is 32.1. The lowest BCUT2D eigenvalue weighted by molar-refractivity contribution is 0.0870. The summed E-state index contributed by atoms with van der Waals surface area (Å²) >= 11 is 5.78. The number of carbonyl (C=O) groups excluding carboxylic acids is 2. The van der Waals surface area contributed by atoms with E-state index < -0.39 is 5.41 Å². The number of nitrogens with zero attached hydrogens (tertiary/aromatic N) is 2. The molecule has 1 atom stereocenters. The molecule has 0 unspecified atom stereocenters. The van der Waals surface area contributed by atoms with E-state index in [2.05, 4.69) is 176 Å². The van der Waals surface area contributed by atoms with E-state index in [-0.39, 0.29) is 17.2 Å². The molecular weight excluding hydrogens is 1230 g/mol. The molecular formula is C89H130N2O2S3. The van der Waals surface area contributed by atoms with E-state index in [0.717, 1.165) is 111 Å². The number of benzene rings is 3. The predicted molar refractivity (Wildman–Crippen MR) is 425 cm³/mol. The lowest BCUT2D eigenvalue weighted by atomic mass is 9.80. The van der Waals surface area contributed by atoms with Crippen LogP contribution in [0, 0.1) is 17.3 Å². The number of amides is 2. The van der Waals surface area contributed by atoms with Crippen LogP contribution in [-0.4, -0.2) is 21.6 Å². The molecule has 96 heavy (non-hydrogen) atoms. The van der Waals surface area contributed by atoms with E-state index in [1.807, 2.05) is 34.0 Å². The van der Waals surface area contributed by atoms with Crippen LogP contribution in [-0.2, 0) is 5.41 Å². The SMILES string of the molecule is CCCCCCCCCCC(/C=C/N1C(=O)c2c(-c3ccccc3)c3c(c(-c4ccccc4)c2=C1c1cc2sc4cc([C@](C)(CC)CCC)sc4c2s1)C(=O)N(/C=C/C(CCCCCCCCCC)CCCCCCCCCC)C=3C(C)(C)CCC)CCCCCCCCCC. The largest absolute Gasteiger partial charge is 0.287 e. The van der Waals surface area contributed by atoms with Crippen molar-refractivity contribution in [1.82, 2.24) is 9.80 Å².